The number of piperidine rings is 1. The van der Waals surface area contributed by atoms with Crippen LogP contribution in [0.1, 0.15) is 38.5 Å². The van der Waals surface area contributed by atoms with E-state index in [1.54, 1.807) is 0 Å². The van der Waals surface area contributed by atoms with Gasteiger partial charge in [0.1, 0.15) is 0 Å². The van der Waals surface area contributed by atoms with Gasteiger partial charge in [-0.05, 0) is 82.1 Å². The van der Waals surface area contributed by atoms with Crippen molar-refractivity contribution in [2.45, 2.75) is 44.1 Å². The maximum absolute atomic E-state index is 6.18. The quantitative estimate of drug-likeness (QED) is 0.860. The molecule has 0 atom stereocenters. The third-order valence-electron chi connectivity index (χ3n) is 5.80. The summed E-state index contributed by atoms with van der Waals surface area (Å²) in [6.07, 6.45) is 8.26. The second kappa shape index (κ2) is 6.99. The number of likely N-dealkylation sites (tertiary alicyclic amines) is 2. The molecule has 0 aliphatic carbocycles. The largest absolute Gasteiger partial charge is 0.329 e. The number of thioether (sulfide) groups is 1. The molecule has 0 unspecified atom stereocenters. The first-order chi connectivity index (χ1) is 9.82. The Morgan fingerprint density at radius 1 is 1.00 bits per heavy atom. The first-order valence-corrected chi connectivity index (χ1v) is 9.73. The smallest absolute Gasteiger partial charge is 0.0347 e. The molecule has 0 radical (unpaired) electrons. The van der Waals surface area contributed by atoms with Crippen LogP contribution >= 0.6 is 11.8 Å². The van der Waals surface area contributed by atoms with Crippen molar-refractivity contribution < 1.29 is 0 Å². The lowest BCUT2D eigenvalue weighted by molar-refractivity contribution is 0.0419. The molecular weight excluding hydrogens is 266 g/mol. The van der Waals surface area contributed by atoms with E-state index in [-0.39, 0.29) is 0 Å². The number of nitrogens with two attached hydrogens (primary N) is 1. The van der Waals surface area contributed by atoms with Gasteiger partial charge in [0.25, 0.3) is 0 Å². The fourth-order valence-corrected chi connectivity index (χ4v) is 5.57. The summed E-state index contributed by atoms with van der Waals surface area (Å²) in [5.74, 6) is 3.56. The maximum Gasteiger partial charge on any atom is 0.0347 e. The van der Waals surface area contributed by atoms with Crippen LogP contribution in [0, 0.1) is 5.92 Å². The lowest BCUT2D eigenvalue weighted by Gasteiger charge is -2.49. The first-order valence-electron chi connectivity index (χ1n) is 8.58. The standard InChI is InChI=1S/C16H31N3S/c17-14-16(5-11-20-12-6-16)19-9-3-15(4-10-19)13-18-7-1-2-8-18/h15H,1-14,17H2. The lowest BCUT2D eigenvalue weighted by Crippen LogP contribution is -2.58. The van der Waals surface area contributed by atoms with Gasteiger partial charge in [0, 0.05) is 18.6 Å². The summed E-state index contributed by atoms with van der Waals surface area (Å²) >= 11 is 2.11. The van der Waals surface area contributed by atoms with Gasteiger partial charge < -0.3 is 10.6 Å². The molecule has 0 spiro atoms. The van der Waals surface area contributed by atoms with Crippen molar-refractivity contribution in [3.05, 3.63) is 0 Å². The van der Waals surface area contributed by atoms with Gasteiger partial charge in [-0.3, -0.25) is 4.90 Å². The van der Waals surface area contributed by atoms with E-state index in [0.29, 0.717) is 5.54 Å². The van der Waals surface area contributed by atoms with Crippen molar-refractivity contribution >= 4 is 11.8 Å². The Morgan fingerprint density at radius 3 is 2.25 bits per heavy atom. The van der Waals surface area contributed by atoms with Gasteiger partial charge in [0.2, 0.25) is 0 Å². The molecule has 3 nitrogen and oxygen atoms in total. The van der Waals surface area contributed by atoms with E-state index in [1.807, 2.05) is 0 Å². The van der Waals surface area contributed by atoms with Gasteiger partial charge in [-0.25, -0.2) is 0 Å². The van der Waals surface area contributed by atoms with Crippen LogP contribution in [-0.4, -0.2) is 66.1 Å². The van der Waals surface area contributed by atoms with E-state index in [0.717, 1.165) is 12.5 Å². The summed E-state index contributed by atoms with van der Waals surface area (Å²) in [5.41, 5.74) is 6.53. The summed E-state index contributed by atoms with van der Waals surface area (Å²) < 4.78 is 0. The van der Waals surface area contributed by atoms with Crippen LogP contribution in [-0.2, 0) is 0 Å². The summed E-state index contributed by atoms with van der Waals surface area (Å²) in [7, 11) is 0. The molecule has 0 aromatic carbocycles. The average Bonchev–Trinajstić information content (AvgIpc) is 3.02. The van der Waals surface area contributed by atoms with E-state index in [1.165, 1.54) is 82.8 Å². The molecule has 3 aliphatic rings. The van der Waals surface area contributed by atoms with Gasteiger partial charge >= 0.3 is 0 Å². The molecule has 0 aromatic rings. The zero-order valence-electron chi connectivity index (χ0n) is 12.9. The Kier molecular flexibility index (Phi) is 5.29. The van der Waals surface area contributed by atoms with Crippen molar-refractivity contribution in [3.8, 4) is 0 Å². The Hall–Kier alpha value is 0.230. The fourth-order valence-electron chi connectivity index (χ4n) is 4.32. The highest BCUT2D eigenvalue weighted by molar-refractivity contribution is 7.99. The second-order valence-electron chi connectivity index (χ2n) is 6.98. The normalized spacial score (nSPS) is 29.9. The number of rotatable bonds is 4. The highest BCUT2D eigenvalue weighted by Crippen LogP contribution is 2.34. The van der Waals surface area contributed by atoms with Gasteiger partial charge in [-0.1, -0.05) is 0 Å². The predicted molar refractivity (Wildman–Crippen MR) is 88.3 cm³/mol. The molecule has 20 heavy (non-hydrogen) atoms. The van der Waals surface area contributed by atoms with Crippen LogP contribution in [0.15, 0.2) is 0 Å². The Morgan fingerprint density at radius 2 is 1.65 bits per heavy atom. The molecule has 116 valence electrons. The zero-order valence-corrected chi connectivity index (χ0v) is 13.7. The van der Waals surface area contributed by atoms with Crippen molar-refractivity contribution in [1.82, 2.24) is 9.80 Å². The Balaban J connectivity index is 1.49. The minimum Gasteiger partial charge on any atom is -0.329 e. The molecule has 4 heteroatoms. The van der Waals surface area contributed by atoms with Gasteiger partial charge in [-0.2, -0.15) is 11.8 Å². The molecule has 3 fully saturated rings. The molecule has 3 saturated heterocycles. The number of hydrogen-bond donors (Lipinski definition) is 1. The minimum absolute atomic E-state index is 0.351. The third-order valence-corrected chi connectivity index (χ3v) is 6.79. The predicted octanol–water partition coefficient (Wildman–Crippen LogP) is 2.02. The zero-order chi connectivity index (χ0) is 13.8. The topological polar surface area (TPSA) is 32.5 Å². The Bertz CT molecular complexity index is 290. The van der Waals surface area contributed by atoms with Crippen LogP contribution < -0.4 is 5.73 Å². The molecular formula is C16H31N3S. The number of hydrogen-bond acceptors (Lipinski definition) is 4. The average molecular weight is 298 g/mol. The maximum atomic E-state index is 6.18. The van der Waals surface area contributed by atoms with Crippen LogP contribution in [0.3, 0.4) is 0 Å². The van der Waals surface area contributed by atoms with E-state index in [2.05, 4.69) is 21.6 Å². The Labute approximate surface area is 128 Å². The summed E-state index contributed by atoms with van der Waals surface area (Å²) in [5, 5.41) is 0. The molecule has 3 rings (SSSR count). The second-order valence-corrected chi connectivity index (χ2v) is 8.20. The highest BCUT2D eigenvalue weighted by atomic mass is 32.2. The lowest BCUT2D eigenvalue weighted by atomic mass is 9.86. The molecule has 0 bridgehead atoms. The van der Waals surface area contributed by atoms with E-state index in [9.17, 15) is 0 Å². The van der Waals surface area contributed by atoms with Gasteiger partial charge in [-0.15, -0.1) is 0 Å². The molecule has 3 heterocycles. The SMILES string of the molecule is NCC1(N2CCC(CN3CCCC3)CC2)CCSCC1. The molecule has 2 N–H and O–H groups in total. The van der Waals surface area contributed by atoms with Crippen LogP contribution in [0.2, 0.25) is 0 Å². The molecule has 0 amide bonds. The van der Waals surface area contributed by atoms with Crippen LogP contribution in [0.5, 0.6) is 0 Å². The highest BCUT2D eigenvalue weighted by Gasteiger charge is 2.38. The van der Waals surface area contributed by atoms with Crippen molar-refractivity contribution in [2.75, 3.05) is 50.8 Å². The summed E-state index contributed by atoms with van der Waals surface area (Å²) in [6, 6.07) is 0. The summed E-state index contributed by atoms with van der Waals surface area (Å²) in [6.45, 7) is 7.51. The van der Waals surface area contributed by atoms with Crippen LogP contribution in [0.4, 0.5) is 0 Å². The molecule has 3 aliphatic heterocycles. The van der Waals surface area contributed by atoms with Crippen molar-refractivity contribution in [3.63, 3.8) is 0 Å². The van der Waals surface area contributed by atoms with Crippen LogP contribution in [0.25, 0.3) is 0 Å². The summed E-state index contributed by atoms with van der Waals surface area (Å²) in [4.78, 5) is 5.45. The molecule has 0 aromatic heterocycles. The van der Waals surface area contributed by atoms with E-state index >= 15 is 0 Å². The minimum atomic E-state index is 0.351. The van der Waals surface area contributed by atoms with Crippen molar-refractivity contribution in [2.24, 2.45) is 11.7 Å². The van der Waals surface area contributed by atoms with Gasteiger partial charge in [0.05, 0.1) is 0 Å². The van der Waals surface area contributed by atoms with Crippen molar-refractivity contribution in [1.29, 1.82) is 0 Å². The van der Waals surface area contributed by atoms with E-state index < -0.39 is 0 Å². The third kappa shape index (κ3) is 3.34. The fraction of sp³-hybridized carbons (Fsp3) is 1.00. The van der Waals surface area contributed by atoms with Gasteiger partial charge in [0.15, 0.2) is 0 Å². The van der Waals surface area contributed by atoms with E-state index in [4.69, 9.17) is 5.73 Å². The monoisotopic (exact) mass is 297 g/mol. The first kappa shape index (κ1) is 15.1. The number of nitrogens with zero attached hydrogens (tertiary/aromatic N) is 2. The molecule has 0 saturated carbocycles.